The summed E-state index contributed by atoms with van der Waals surface area (Å²) in [7, 11) is 0. The van der Waals surface area contributed by atoms with Crippen LogP contribution in [0.1, 0.15) is 12.5 Å². The molecule has 1 aliphatic heterocycles. The summed E-state index contributed by atoms with van der Waals surface area (Å²) in [6, 6.07) is 15.1. The van der Waals surface area contributed by atoms with Crippen LogP contribution in [0.2, 0.25) is 0 Å². The predicted molar refractivity (Wildman–Crippen MR) is 109 cm³/mol. The lowest BCUT2D eigenvalue weighted by Gasteiger charge is -2.25. The second-order valence-corrected chi connectivity index (χ2v) is 6.53. The quantitative estimate of drug-likeness (QED) is 0.592. The van der Waals surface area contributed by atoms with Crippen molar-refractivity contribution in [3.8, 4) is 0 Å². The molecule has 1 saturated heterocycles. The van der Waals surface area contributed by atoms with Gasteiger partial charge in [-0.1, -0.05) is 42.5 Å². The number of guanidine groups is 1. The van der Waals surface area contributed by atoms with Crippen LogP contribution in [0.4, 0.5) is 0 Å². The number of rotatable bonds is 7. The van der Waals surface area contributed by atoms with Crippen molar-refractivity contribution in [1.82, 2.24) is 15.5 Å². The van der Waals surface area contributed by atoms with E-state index in [0.717, 1.165) is 64.9 Å². The van der Waals surface area contributed by atoms with E-state index >= 15 is 0 Å². The fraction of sp³-hybridized carbons (Fsp3) is 0.476. The van der Waals surface area contributed by atoms with Gasteiger partial charge in [-0.25, -0.2) is 0 Å². The Kier molecular flexibility index (Phi) is 7.28. The number of nitrogens with zero attached hydrogens (tertiary/aromatic N) is 2. The third kappa shape index (κ3) is 5.44. The summed E-state index contributed by atoms with van der Waals surface area (Å²) >= 11 is 0. The minimum absolute atomic E-state index is 0.809. The van der Waals surface area contributed by atoms with Gasteiger partial charge in [0, 0.05) is 32.7 Å². The zero-order chi connectivity index (χ0) is 18.0. The lowest BCUT2D eigenvalue weighted by molar-refractivity contribution is 0.0394. The standard InChI is InChI=1S/C21H30N4O/c1-2-22-21(24-12-13-25-14-16-26-17-15-25)23-11-10-19-8-5-7-18-6-3-4-9-20(18)19/h3-9H,2,10-17H2,1H3,(H2,22,23,24). The SMILES string of the molecule is CCNC(=NCCN1CCOCC1)NCCc1cccc2ccccc12. The Morgan fingerprint density at radius 2 is 1.88 bits per heavy atom. The monoisotopic (exact) mass is 354 g/mol. The van der Waals surface area contributed by atoms with E-state index in [2.05, 4.69) is 64.9 Å². The molecule has 1 fully saturated rings. The summed E-state index contributed by atoms with van der Waals surface area (Å²) in [4.78, 5) is 7.12. The van der Waals surface area contributed by atoms with Crippen molar-refractivity contribution >= 4 is 16.7 Å². The van der Waals surface area contributed by atoms with Gasteiger partial charge in [-0.15, -0.1) is 0 Å². The van der Waals surface area contributed by atoms with Gasteiger partial charge in [0.15, 0.2) is 5.96 Å². The lowest BCUT2D eigenvalue weighted by atomic mass is 10.0. The molecular formula is C21H30N4O. The number of benzene rings is 2. The number of fused-ring (bicyclic) bond motifs is 1. The number of morpholine rings is 1. The molecule has 0 aliphatic carbocycles. The second-order valence-electron chi connectivity index (χ2n) is 6.53. The molecule has 0 radical (unpaired) electrons. The van der Waals surface area contributed by atoms with Gasteiger partial charge < -0.3 is 15.4 Å². The zero-order valence-electron chi connectivity index (χ0n) is 15.7. The fourth-order valence-corrected chi connectivity index (χ4v) is 3.30. The van der Waals surface area contributed by atoms with Gasteiger partial charge in [0.2, 0.25) is 0 Å². The average Bonchev–Trinajstić information content (AvgIpc) is 2.69. The average molecular weight is 354 g/mol. The van der Waals surface area contributed by atoms with Crippen LogP contribution in [0.3, 0.4) is 0 Å². The summed E-state index contributed by atoms with van der Waals surface area (Å²) in [5, 5.41) is 9.45. The van der Waals surface area contributed by atoms with Crippen molar-refractivity contribution < 1.29 is 4.74 Å². The Morgan fingerprint density at radius 1 is 1.08 bits per heavy atom. The first-order valence-corrected chi connectivity index (χ1v) is 9.66. The van der Waals surface area contributed by atoms with E-state index in [1.54, 1.807) is 0 Å². The molecule has 1 aliphatic rings. The summed E-state index contributed by atoms with van der Waals surface area (Å²) < 4.78 is 5.39. The van der Waals surface area contributed by atoms with Crippen LogP contribution in [0.25, 0.3) is 10.8 Å². The molecule has 2 aromatic carbocycles. The summed E-state index contributed by atoms with van der Waals surface area (Å²) in [6.07, 6.45) is 0.981. The fourth-order valence-electron chi connectivity index (χ4n) is 3.30. The highest BCUT2D eigenvalue weighted by Crippen LogP contribution is 2.18. The van der Waals surface area contributed by atoms with Gasteiger partial charge in [-0.05, 0) is 29.7 Å². The van der Waals surface area contributed by atoms with E-state index in [1.165, 1.54) is 16.3 Å². The van der Waals surface area contributed by atoms with E-state index in [9.17, 15) is 0 Å². The molecule has 5 nitrogen and oxygen atoms in total. The van der Waals surface area contributed by atoms with Crippen molar-refractivity contribution in [1.29, 1.82) is 0 Å². The molecule has 3 rings (SSSR count). The van der Waals surface area contributed by atoms with Crippen molar-refractivity contribution in [3.05, 3.63) is 48.0 Å². The highest BCUT2D eigenvalue weighted by molar-refractivity contribution is 5.85. The molecular weight excluding hydrogens is 324 g/mol. The van der Waals surface area contributed by atoms with Crippen LogP contribution in [0, 0.1) is 0 Å². The number of ether oxygens (including phenoxy) is 1. The highest BCUT2D eigenvalue weighted by atomic mass is 16.5. The molecule has 0 amide bonds. The molecule has 0 atom stereocenters. The van der Waals surface area contributed by atoms with Gasteiger partial charge in [-0.3, -0.25) is 9.89 Å². The molecule has 140 valence electrons. The number of nitrogens with one attached hydrogen (secondary N) is 2. The first kappa shape index (κ1) is 18.7. The van der Waals surface area contributed by atoms with E-state index in [0.29, 0.717) is 0 Å². The molecule has 1 heterocycles. The first-order valence-electron chi connectivity index (χ1n) is 9.66. The molecule has 0 bridgehead atoms. The van der Waals surface area contributed by atoms with Crippen LogP contribution in [-0.4, -0.2) is 63.3 Å². The number of aliphatic imine (C=N–C) groups is 1. The van der Waals surface area contributed by atoms with Crippen molar-refractivity contribution in [3.63, 3.8) is 0 Å². The van der Waals surface area contributed by atoms with Crippen LogP contribution in [0.15, 0.2) is 47.5 Å². The maximum Gasteiger partial charge on any atom is 0.191 e. The lowest BCUT2D eigenvalue weighted by Crippen LogP contribution is -2.40. The Balaban J connectivity index is 1.50. The van der Waals surface area contributed by atoms with Crippen LogP contribution >= 0.6 is 0 Å². The number of hydrogen-bond acceptors (Lipinski definition) is 3. The highest BCUT2D eigenvalue weighted by Gasteiger charge is 2.09. The Bertz CT molecular complexity index is 705. The molecule has 0 unspecified atom stereocenters. The Labute approximate surface area is 156 Å². The van der Waals surface area contributed by atoms with E-state index < -0.39 is 0 Å². The predicted octanol–water partition coefficient (Wildman–Crippen LogP) is 2.27. The molecule has 2 aromatic rings. The first-order chi connectivity index (χ1) is 12.9. The second kappa shape index (κ2) is 10.1. The van der Waals surface area contributed by atoms with E-state index in [-0.39, 0.29) is 0 Å². The van der Waals surface area contributed by atoms with E-state index in [1.807, 2.05) is 0 Å². The maximum absolute atomic E-state index is 5.39. The smallest absolute Gasteiger partial charge is 0.191 e. The Morgan fingerprint density at radius 3 is 2.73 bits per heavy atom. The van der Waals surface area contributed by atoms with Crippen molar-refractivity contribution in [2.24, 2.45) is 4.99 Å². The molecule has 0 aromatic heterocycles. The van der Waals surface area contributed by atoms with Gasteiger partial charge >= 0.3 is 0 Å². The van der Waals surface area contributed by atoms with Gasteiger partial charge in [0.25, 0.3) is 0 Å². The minimum Gasteiger partial charge on any atom is -0.379 e. The summed E-state index contributed by atoms with van der Waals surface area (Å²) in [5.41, 5.74) is 1.37. The Hall–Kier alpha value is -2.11. The molecule has 26 heavy (non-hydrogen) atoms. The molecule has 2 N–H and O–H groups in total. The van der Waals surface area contributed by atoms with Gasteiger partial charge in [0.1, 0.15) is 0 Å². The molecule has 5 heteroatoms. The topological polar surface area (TPSA) is 48.9 Å². The normalized spacial score (nSPS) is 16.0. The number of hydrogen-bond donors (Lipinski definition) is 2. The van der Waals surface area contributed by atoms with Crippen LogP contribution < -0.4 is 10.6 Å². The van der Waals surface area contributed by atoms with Crippen LogP contribution in [-0.2, 0) is 11.2 Å². The molecule has 0 spiro atoms. The maximum atomic E-state index is 5.39. The van der Waals surface area contributed by atoms with Crippen LogP contribution in [0.5, 0.6) is 0 Å². The third-order valence-corrected chi connectivity index (χ3v) is 4.70. The van der Waals surface area contributed by atoms with Crippen molar-refractivity contribution in [2.75, 3.05) is 52.5 Å². The van der Waals surface area contributed by atoms with E-state index in [4.69, 9.17) is 9.73 Å². The minimum atomic E-state index is 0.809. The zero-order valence-corrected chi connectivity index (χ0v) is 15.7. The summed E-state index contributed by atoms with van der Waals surface area (Å²) in [5.74, 6) is 0.904. The van der Waals surface area contributed by atoms with Crippen molar-refractivity contribution in [2.45, 2.75) is 13.3 Å². The van der Waals surface area contributed by atoms with Gasteiger partial charge in [0.05, 0.1) is 19.8 Å². The largest absolute Gasteiger partial charge is 0.379 e. The molecule has 0 saturated carbocycles. The third-order valence-electron chi connectivity index (χ3n) is 4.70. The van der Waals surface area contributed by atoms with Gasteiger partial charge in [-0.2, -0.15) is 0 Å². The summed E-state index contributed by atoms with van der Waals surface area (Å²) in [6.45, 7) is 9.35.